The molecule has 0 aliphatic heterocycles. The van der Waals surface area contributed by atoms with E-state index in [-0.39, 0.29) is 0 Å². The maximum Gasteiger partial charge on any atom is -0.00490 e. The van der Waals surface area contributed by atoms with E-state index in [0.29, 0.717) is 0 Å². The van der Waals surface area contributed by atoms with Gasteiger partial charge < -0.3 is 5.32 Å². The summed E-state index contributed by atoms with van der Waals surface area (Å²) < 4.78 is 0. The highest BCUT2D eigenvalue weighted by atomic mass is 14.8. The van der Waals surface area contributed by atoms with Gasteiger partial charge in [-0.3, -0.25) is 0 Å². The van der Waals surface area contributed by atoms with Gasteiger partial charge in [-0.25, -0.2) is 0 Å². The van der Waals surface area contributed by atoms with Crippen LogP contribution in [-0.4, -0.2) is 13.1 Å². The van der Waals surface area contributed by atoms with Crippen LogP contribution >= 0.6 is 0 Å². The summed E-state index contributed by atoms with van der Waals surface area (Å²) in [6, 6.07) is 0. The van der Waals surface area contributed by atoms with Crippen LogP contribution in [0.2, 0.25) is 0 Å². The fourth-order valence-corrected chi connectivity index (χ4v) is 0.780. The number of nitrogens with one attached hydrogen (secondary N) is 1. The summed E-state index contributed by atoms with van der Waals surface area (Å²) in [5, 5.41) is 3.29. The van der Waals surface area contributed by atoms with Gasteiger partial charge in [0, 0.05) is 0 Å². The molecule has 1 radical (unpaired) electrons. The predicted octanol–water partition coefficient (Wildman–Crippen LogP) is 1.99. The lowest BCUT2D eigenvalue weighted by molar-refractivity contribution is 0.620. The summed E-state index contributed by atoms with van der Waals surface area (Å²) >= 11 is 0. The average molecular weight is 128 g/mol. The quantitative estimate of drug-likeness (QED) is 0.539. The van der Waals surface area contributed by atoms with Gasteiger partial charge in [-0.15, -0.1) is 0 Å². The maximum atomic E-state index is 3.78. The highest BCUT2D eigenvalue weighted by Crippen LogP contribution is 1.96. The van der Waals surface area contributed by atoms with Crippen molar-refractivity contribution in [2.75, 3.05) is 13.1 Å². The lowest BCUT2D eigenvalue weighted by Crippen LogP contribution is -2.13. The van der Waals surface area contributed by atoms with Crippen LogP contribution in [-0.2, 0) is 0 Å². The monoisotopic (exact) mass is 128 g/mol. The third kappa shape index (κ3) is 7.96. The maximum absolute atomic E-state index is 3.78. The van der Waals surface area contributed by atoms with Crippen LogP contribution < -0.4 is 5.32 Å². The van der Waals surface area contributed by atoms with E-state index in [4.69, 9.17) is 0 Å². The van der Waals surface area contributed by atoms with Gasteiger partial charge in [0.05, 0.1) is 0 Å². The molecule has 0 bridgehead atoms. The third-order valence-electron chi connectivity index (χ3n) is 1.35. The largest absolute Gasteiger partial charge is 0.317 e. The smallest absolute Gasteiger partial charge is 0.00490 e. The highest BCUT2D eigenvalue weighted by molar-refractivity contribution is 4.47. The van der Waals surface area contributed by atoms with Crippen molar-refractivity contribution < 1.29 is 0 Å². The summed E-state index contributed by atoms with van der Waals surface area (Å²) in [5.74, 6) is 0. The van der Waals surface area contributed by atoms with Gasteiger partial charge in [0.2, 0.25) is 0 Å². The molecule has 0 aliphatic rings. The van der Waals surface area contributed by atoms with Crippen molar-refractivity contribution in [2.24, 2.45) is 0 Å². The molecule has 0 aliphatic carbocycles. The molecule has 1 heteroatoms. The van der Waals surface area contributed by atoms with E-state index in [9.17, 15) is 0 Å². The average Bonchev–Trinajstić information content (AvgIpc) is 1.89. The van der Waals surface area contributed by atoms with E-state index >= 15 is 0 Å². The van der Waals surface area contributed by atoms with Crippen molar-refractivity contribution >= 4 is 0 Å². The van der Waals surface area contributed by atoms with Crippen LogP contribution in [0.15, 0.2) is 0 Å². The van der Waals surface area contributed by atoms with E-state index in [1.165, 1.54) is 25.8 Å². The van der Waals surface area contributed by atoms with Gasteiger partial charge in [-0.05, 0) is 19.5 Å². The lowest BCUT2D eigenvalue weighted by atomic mass is 10.2. The zero-order valence-electron chi connectivity index (χ0n) is 6.45. The molecule has 0 amide bonds. The minimum Gasteiger partial charge on any atom is -0.317 e. The molecule has 0 rings (SSSR count). The Kier molecular flexibility index (Phi) is 7.92. The van der Waals surface area contributed by atoms with E-state index in [1.54, 1.807) is 0 Å². The van der Waals surface area contributed by atoms with Crippen LogP contribution in [0, 0.1) is 6.92 Å². The topological polar surface area (TPSA) is 12.0 Å². The Morgan fingerprint density at radius 1 is 1.22 bits per heavy atom. The second kappa shape index (κ2) is 7.96. The van der Waals surface area contributed by atoms with Gasteiger partial charge in [0.15, 0.2) is 0 Å². The normalized spacial score (nSPS) is 10.0. The van der Waals surface area contributed by atoms with Crippen LogP contribution in [0.25, 0.3) is 0 Å². The summed E-state index contributed by atoms with van der Waals surface area (Å²) in [7, 11) is 0. The minimum atomic E-state index is 1.09. The molecule has 1 N–H and O–H groups in total. The molecule has 0 fully saturated rings. The van der Waals surface area contributed by atoms with Crippen LogP contribution in [0.4, 0.5) is 0 Å². The van der Waals surface area contributed by atoms with Crippen LogP contribution in [0.3, 0.4) is 0 Å². The van der Waals surface area contributed by atoms with Crippen molar-refractivity contribution in [3.63, 3.8) is 0 Å². The fraction of sp³-hybridized carbons (Fsp3) is 0.875. The number of unbranched alkanes of at least 4 members (excludes halogenated alkanes) is 3. The minimum absolute atomic E-state index is 1.09. The van der Waals surface area contributed by atoms with Gasteiger partial charge in [0.25, 0.3) is 0 Å². The summed E-state index contributed by atoms with van der Waals surface area (Å²) in [6.45, 7) is 8.20. The standard InChI is InChI=1S/C8H18N/c1-3-5-6-7-8-9-4-2/h9H,1,3-8H2,2H3. The van der Waals surface area contributed by atoms with Gasteiger partial charge >= 0.3 is 0 Å². The van der Waals surface area contributed by atoms with E-state index in [1.807, 2.05) is 0 Å². The van der Waals surface area contributed by atoms with Gasteiger partial charge in [-0.2, -0.15) is 0 Å². The molecule has 0 atom stereocenters. The number of hydrogen-bond donors (Lipinski definition) is 1. The Labute approximate surface area is 58.8 Å². The predicted molar refractivity (Wildman–Crippen MR) is 42.4 cm³/mol. The second-order valence-corrected chi connectivity index (χ2v) is 2.27. The third-order valence-corrected chi connectivity index (χ3v) is 1.35. The molecular formula is C8H18N. The van der Waals surface area contributed by atoms with E-state index in [0.717, 1.165) is 13.0 Å². The van der Waals surface area contributed by atoms with E-state index < -0.39 is 0 Å². The molecule has 0 aromatic heterocycles. The van der Waals surface area contributed by atoms with Crippen molar-refractivity contribution in [1.82, 2.24) is 5.32 Å². The first-order chi connectivity index (χ1) is 4.41. The van der Waals surface area contributed by atoms with Crippen molar-refractivity contribution in [3.05, 3.63) is 6.92 Å². The number of hydrogen-bond acceptors (Lipinski definition) is 1. The zero-order chi connectivity index (χ0) is 6.95. The zero-order valence-corrected chi connectivity index (χ0v) is 6.45. The van der Waals surface area contributed by atoms with Crippen LogP contribution in [0.1, 0.15) is 32.6 Å². The van der Waals surface area contributed by atoms with E-state index in [2.05, 4.69) is 19.2 Å². The highest BCUT2D eigenvalue weighted by Gasteiger charge is 1.84. The first-order valence-electron chi connectivity index (χ1n) is 3.91. The fourth-order valence-electron chi connectivity index (χ4n) is 0.780. The molecular weight excluding hydrogens is 110 g/mol. The molecule has 55 valence electrons. The lowest BCUT2D eigenvalue weighted by Gasteiger charge is -1.98. The molecule has 0 heterocycles. The van der Waals surface area contributed by atoms with Gasteiger partial charge in [0.1, 0.15) is 0 Å². The summed E-state index contributed by atoms with van der Waals surface area (Å²) in [6.07, 6.45) is 5.01. The molecule has 0 saturated carbocycles. The Morgan fingerprint density at radius 2 is 2.00 bits per heavy atom. The molecule has 1 nitrogen and oxygen atoms in total. The second-order valence-electron chi connectivity index (χ2n) is 2.27. The SMILES string of the molecule is [CH2]CCCCCNCC. The summed E-state index contributed by atoms with van der Waals surface area (Å²) in [5.41, 5.74) is 0. The van der Waals surface area contributed by atoms with Gasteiger partial charge in [-0.1, -0.05) is 33.1 Å². The Hall–Kier alpha value is -0.0400. The summed E-state index contributed by atoms with van der Waals surface area (Å²) in [4.78, 5) is 0. The molecule has 0 aromatic carbocycles. The Bertz CT molecular complexity index is 37.8. The van der Waals surface area contributed by atoms with Crippen molar-refractivity contribution in [1.29, 1.82) is 0 Å². The first-order valence-corrected chi connectivity index (χ1v) is 3.91. The van der Waals surface area contributed by atoms with Crippen LogP contribution in [0.5, 0.6) is 0 Å². The first kappa shape index (κ1) is 8.96. The molecule has 9 heavy (non-hydrogen) atoms. The number of rotatable bonds is 6. The Balaban J connectivity index is 2.60. The van der Waals surface area contributed by atoms with Crippen molar-refractivity contribution in [2.45, 2.75) is 32.6 Å². The molecule has 0 spiro atoms. The van der Waals surface area contributed by atoms with Crippen molar-refractivity contribution in [3.8, 4) is 0 Å². The molecule has 0 saturated heterocycles. The Morgan fingerprint density at radius 3 is 2.56 bits per heavy atom. The molecule has 0 aromatic rings. The molecule has 0 unspecified atom stereocenters.